The van der Waals surface area contributed by atoms with Gasteiger partial charge in [0.05, 0.1) is 15.1 Å². The van der Waals surface area contributed by atoms with Crippen LogP contribution in [0.2, 0.25) is 15.1 Å². The van der Waals surface area contributed by atoms with E-state index in [-0.39, 0.29) is 20.6 Å². The molecule has 0 atom stereocenters. The van der Waals surface area contributed by atoms with Crippen molar-refractivity contribution >= 4 is 46.4 Å². The van der Waals surface area contributed by atoms with E-state index in [9.17, 15) is 9.90 Å². The molecule has 0 aliphatic carbocycles. The molecule has 3 rings (SSSR count). The summed E-state index contributed by atoms with van der Waals surface area (Å²) < 4.78 is 11.2. The molecule has 0 unspecified atom stereocenters. The number of amides is 1. The normalized spacial score (nSPS) is 14.5. The van der Waals surface area contributed by atoms with Crippen molar-refractivity contribution in [1.82, 2.24) is 0 Å². The van der Waals surface area contributed by atoms with Crippen molar-refractivity contribution < 1.29 is 19.4 Å². The SMILES string of the molecule is CC1(C)Oc2ccc(NC(=O)c3c(O)c(Cl)cc(Cl)c3Cl)cc2O1. The molecule has 1 heterocycles. The smallest absolute Gasteiger partial charge is 0.261 e. The van der Waals surface area contributed by atoms with Gasteiger partial charge in [0.1, 0.15) is 11.3 Å². The largest absolute Gasteiger partial charge is 0.505 e. The summed E-state index contributed by atoms with van der Waals surface area (Å²) in [6, 6.07) is 6.18. The van der Waals surface area contributed by atoms with E-state index < -0.39 is 17.4 Å². The Labute approximate surface area is 153 Å². The minimum absolute atomic E-state index is 0.0667. The fourth-order valence-electron chi connectivity index (χ4n) is 2.29. The number of ether oxygens (including phenoxy) is 2. The van der Waals surface area contributed by atoms with Crippen LogP contribution in [-0.4, -0.2) is 16.8 Å². The monoisotopic (exact) mass is 387 g/mol. The highest BCUT2D eigenvalue weighted by molar-refractivity contribution is 6.46. The summed E-state index contributed by atoms with van der Waals surface area (Å²) in [5, 5.41) is 12.5. The number of anilines is 1. The summed E-state index contributed by atoms with van der Waals surface area (Å²) in [4.78, 5) is 12.4. The van der Waals surface area contributed by atoms with Gasteiger partial charge in [-0.25, -0.2) is 0 Å². The van der Waals surface area contributed by atoms with Crippen LogP contribution < -0.4 is 14.8 Å². The molecule has 2 aromatic carbocycles. The van der Waals surface area contributed by atoms with E-state index in [1.165, 1.54) is 6.07 Å². The lowest BCUT2D eigenvalue weighted by atomic mass is 10.1. The third-order valence-corrected chi connectivity index (χ3v) is 4.36. The first-order valence-corrected chi connectivity index (χ1v) is 8.01. The second kappa shape index (κ2) is 5.92. The van der Waals surface area contributed by atoms with Gasteiger partial charge < -0.3 is 19.9 Å². The van der Waals surface area contributed by atoms with Gasteiger partial charge in [-0.05, 0) is 18.2 Å². The first kappa shape index (κ1) is 17.0. The second-order valence-corrected chi connectivity index (χ2v) is 6.79. The quantitative estimate of drug-likeness (QED) is 0.701. The molecule has 0 saturated heterocycles. The first-order chi connectivity index (χ1) is 11.2. The van der Waals surface area contributed by atoms with Gasteiger partial charge in [-0.15, -0.1) is 0 Å². The number of phenolic OH excluding ortho intramolecular Hbond substituents is 1. The van der Waals surface area contributed by atoms with Crippen molar-refractivity contribution in [3.63, 3.8) is 0 Å². The number of fused-ring (bicyclic) bond motifs is 1. The van der Waals surface area contributed by atoms with Crippen molar-refractivity contribution in [2.45, 2.75) is 19.6 Å². The topological polar surface area (TPSA) is 67.8 Å². The predicted octanol–water partition coefficient (Wildman–Crippen LogP) is 5.11. The number of phenols is 1. The van der Waals surface area contributed by atoms with E-state index in [1.807, 2.05) is 0 Å². The zero-order chi connectivity index (χ0) is 17.6. The Bertz CT molecular complexity index is 825. The zero-order valence-corrected chi connectivity index (χ0v) is 14.9. The van der Waals surface area contributed by atoms with E-state index in [0.29, 0.717) is 17.2 Å². The highest BCUT2D eigenvalue weighted by Gasteiger charge is 2.32. The van der Waals surface area contributed by atoms with E-state index in [4.69, 9.17) is 44.3 Å². The fraction of sp³-hybridized carbons (Fsp3) is 0.188. The number of rotatable bonds is 2. The Morgan fingerprint density at radius 2 is 1.75 bits per heavy atom. The minimum Gasteiger partial charge on any atom is -0.505 e. The number of carbonyl (C=O) groups excluding carboxylic acids is 1. The summed E-state index contributed by atoms with van der Waals surface area (Å²) in [6.45, 7) is 3.55. The van der Waals surface area contributed by atoms with Gasteiger partial charge in [-0.3, -0.25) is 4.79 Å². The molecule has 2 aromatic rings. The van der Waals surface area contributed by atoms with Crippen LogP contribution in [0.3, 0.4) is 0 Å². The molecule has 0 saturated carbocycles. The van der Waals surface area contributed by atoms with Crippen LogP contribution in [0.15, 0.2) is 24.3 Å². The number of aromatic hydroxyl groups is 1. The van der Waals surface area contributed by atoms with Crippen LogP contribution in [0.25, 0.3) is 0 Å². The molecule has 1 aliphatic heterocycles. The lowest BCUT2D eigenvalue weighted by molar-refractivity contribution is -0.0431. The number of hydrogen-bond acceptors (Lipinski definition) is 4. The van der Waals surface area contributed by atoms with E-state index in [2.05, 4.69) is 5.32 Å². The number of halogens is 3. The van der Waals surface area contributed by atoms with Crippen molar-refractivity contribution in [3.05, 3.63) is 44.9 Å². The molecule has 1 amide bonds. The molecule has 0 aromatic heterocycles. The summed E-state index contributed by atoms with van der Waals surface area (Å²) in [6.07, 6.45) is 0. The van der Waals surface area contributed by atoms with E-state index in [1.54, 1.807) is 32.0 Å². The lowest BCUT2D eigenvalue weighted by Crippen LogP contribution is -2.29. The molecule has 0 radical (unpaired) electrons. The Balaban J connectivity index is 1.90. The van der Waals surface area contributed by atoms with Crippen molar-refractivity contribution in [3.8, 4) is 17.2 Å². The Morgan fingerprint density at radius 3 is 2.46 bits per heavy atom. The maximum Gasteiger partial charge on any atom is 0.261 e. The molecule has 5 nitrogen and oxygen atoms in total. The molecule has 24 heavy (non-hydrogen) atoms. The average Bonchev–Trinajstić information content (AvgIpc) is 2.78. The first-order valence-electron chi connectivity index (χ1n) is 6.88. The third-order valence-electron chi connectivity index (χ3n) is 3.29. The molecule has 8 heteroatoms. The van der Waals surface area contributed by atoms with Gasteiger partial charge in [0.2, 0.25) is 5.79 Å². The van der Waals surface area contributed by atoms with E-state index in [0.717, 1.165) is 0 Å². The van der Waals surface area contributed by atoms with Crippen LogP contribution in [0, 0.1) is 0 Å². The molecule has 0 fully saturated rings. The summed E-state index contributed by atoms with van der Waals surface area (Å²) in [5.41, 5.74) is 0.235. The standard InChI is InChI=1S/C16H12Cl3NO4/c1-16(2)23-10-4-3-7(5-11(10)24-16)20-15(22)12-13(19)8(17)6-9(18)14(12)21/h3-6,21H,1-2H3,(H,20,22). The van der Waals surface area contributed by atoms with Crippen molar-refractivity contribution in [2.75, 3.05) is 5.32 Å². The van der Waals surface area contributed by atoms with Crippen LogP contribution in [0.1, 0.15) is 24.2 Å². The van der Waals surface area contributed by atoms with Crippen LogP contribution in [0.4, 0.5) is 5.69 Å². The minimum atomic E-state index is -0.771. The van der Waals surface area contributed by atoms with Crippen molar-refractivity contribution in [1.29, 1.82) is 0 Å². The van der Waals surface area contributed by atoms with Crippen LogP contribution >= 0.6 is 34.8 Å². The fourth-order valence-corrected chi connectivity index (χ4v) is 2.98. The average molecular weight is 389 g/mol. The molecular weight excluding hydrogens is 377 g/mol. The molecule has 1 aliphatic rings. The summed E-state index contributed by atoms with van der Waals surface area (Å²) in [7, 11) is 0. The highest BCUT2D eigenvalue weighted by atomic mass is 35.5. The molecule has 2 N–H and O–H groups in total. The lowest BCUT2D eigenvalue weighted by Gasteiger charge is -2.16. The highest BCUT2D eigenvalue weighted by Crippen LogP contribution is 2.42. The zero-order valence-electron chi connectivity index (χ0n) is 12.6. The van der Waals surface area contributed by atoms with Gasteiger partial charge in [-0.2, -0.15) is 0 Å². The van der Waals surface area contributed by atoms with Crippen molar-refractivity contribution in [2.24, 2.45) is 0 Å². The van der Waals surface area contributed by atoms with Gasteiger partial charge >= 0.3 is 0 Å². The molecule has 0 bridgehead atoms. The maximum absolute atomic E-state index is 12.4. The maximum atomic E-state index is 12.4. The van der Waals surface area contributed by atoms with Gasteiger partial charge in [0.25, 0.3) is 5.91 Å². The Kier molecular flexibility index (Phi) is 4.20. The number of benzene rings is 2. The molecule has 0 spiro atoms. The third kappa shape index (κ3) is 3.07. The number of carbonyl (C=O) groups is 1. The Hall–Kier alpha value is -1.82. The number of hydrogen-bond donors (Lipinski definition) is 2. The summed E-state index contributed by atoms with van der Waals surface area (Å²) in [5.74, 6) is -0.792. The van der Waals surface area contributed by atoms with Gasteiger partial charge in [0.15, 0.2) is 11.5 Å². The number of nitrogens with one attached hydrogen (secondary N) is 1. The van der Waals surface area contributed by atoms with Crippen LogP contribution in [-0.2, 0) is 0 Å². The Morgan fingerprint density at radius 1 is 1.08 bits per heavy atom. The van der Waals surface area contributed by atoms with E-state index >= 15 is 0 Å². The summed E-state index contributed by atoms with van der Waals surface area (Å²) >= 11 is 17.7. The van der Waals surface area contributed by atoms with Gasteiger partial charge in [0, 0.05) is 25.6 Å². The molecule has 126 valence electrons. The predicted molar refractivity (Wildman–Crippen MR) is 92.9 cm³/mol. The van der Waals surface area contributed by atoms with Gasteiger partial charge in [-0.1, -0.05) is 34.8 Å². The molecular formula is C16H12Cl3NO4. The van der Waals surface area contributed by atoms with Crippen LogP contribution in [0.5, 0.6) is 17.2 Å². The second-order valence-electron chi connectivity index (χ2n) is 5.60.